The fraction of sp³-hybridized carbons (Fsp3) is 0.400. The number of nitrogens with one attached hydrogen (secondary N) is 1. The highest BCUT2D eigenvalue weighted by Crippen LogP contribution is 2.33. The number of rotatable bonds is 8. The zero-order valence-electron chi connectivity index (χ0n) is 17.5. The molecule has 3 rings (SSSR count). The summed E-state index contributed by atoms with van der Waals surface area (Å²) in [6.45, 7) is 3.14. The number of benzene rings is 2. The van der Waals surface area contributed by atoms with Crippen LogP contribution in [-0.2, 0) is 10.0 Å². The number of likely N-dealkylation sites (N-methyl/N-ethyl adjacent to an activating group) is 1. The fourth-order valence-corrected chi connectivity index (χ4v) is 4.76. The van der Waals surface area contributed by atoms with Crippen LogP contribution in [0.3, 0.4) is 0 Å². The molecule has 1 fully saturated rings. The molecule has 0 amide bonds. The van der Waals surface area contributed by atoms with Gasteiger partial charge in [-0.15, -0.1) is 0 Å². The first-order chi connectivity index (χ1) is 14.7. The lowest BCUT2D eigenvalue weighted by molar-refractivity contribution is -0.384. The Balaban J connectivity index is 1.76. The van der Waals surface area contributed by atoms with Gasteiger partial charge in [0, 0.05) is 45.3 Å². The molecule has 2 aromatic rings. The molecule has 0 bridgehead atoms. The second-order valence-electron chi connectivity index (χ2n) is 7.53. The van der Waals surface area contributed by atoms with Gasteiger partial charge < -0.3 is 14.7 Å². The summed E-state index contributed by atoms with van der Waals surface area (Å²) in [5.74, 6) is 0. The Morgan fingerprint density at radius 3 is 2.26 bits per heavy atom. The molecule has 0 atom stereocenters. The number of nitrogens with zero attached hydrogens (tertiary/aromatic N) is 4. The number of anilines is 2. The molecule has 0 spiro atoms. The smallest absolute Gasteiger partial charge is 0.293 e. The molecular weight excluding hydrogens is 442 g/mol. The van der Waals surface area contributed by atoms with Gasteiger partial charge in [-0.2, -0.15) is 0 Å². The van der Waals surface area contributed by atoms with Gasteiger partial charge in [0.1, 0.15) is 5.69 Å². The van der Waals surface area contributed by atoms with Crippen molar-refractivity contribution in [1.29, 1.82) is 0 Å². The number of nitro groups is 1. The van der Waals surface area contributed by atoms with Crippen LogP contribution >= 0.6 is 11.6 Å². The summed E-state index contributed by atoms with van der Waals surface area (Å²) in [5.41, 5.74) is 1.13. The lowest BCUT2D eigenvalue weighted by Crippen LogP contribution is -2.46. The van der Waals surface area contributed by atoms with Crippen LogP contribution < -0.4 is 14.5 Å². The number of piperazine rings is 1. The zero-order valence-corrected chi connectivity index (χ0v) is 19.1. The van der Waals surface area contributed by atoms with Crippen LogP contribution in [0.4, 0.5) is 17.1 Å². The average Bonchev–Trinajstić information content (AvgIpc) is 2.73. The van der Waals surface area contributed by atoms with E-state index < -0.39 is 14.9 Å². The fourth-order valence-electron chi connectivity index (χ4n) is 3.47. The van der Waals surface area contributed by atoms with E-state index in [1.807, 2.05) is 48.2 Å². The maximum atomic E-state index is 12.5. The molecule has 0 saturated carbocycles. The highest BCUT2D eigenvalue weighted by atomic mass is 35.5. The summed E-state index contributed by atoms with van der Waals surface area (Å²) >= 11 is 6.28. The number of sulfonamides is 1. The van der Waals surface area contributed by atoms with Crippen molar-refractivity contribution in [1.82, 2.24) is 9.62 Å². The van der Waals surface area contributed by atoms with E-state index in [4.69, 9.17) is 11.6 Å². The van der Waals surface area contributed by atoms with E-state index >= 15 is 0 Å². The van der Waals surface area contributed by atoms with Crippen LogP contribution in [0.1, 0.15) is 0 Å². The van der Waals surface area contributed by atoms with E-state index in [9.17, 15) is 18.5 Å². The van der Waals surface area contributed by atoms with E-state index in [2.05, 4.69) is 9.62 Å². The molecule has 1 N–H and O–H groups in total. The molecule has 31 heavy (non-hydrogen) atoms. The first kappa shape index (κ1) is 23.3. The molecule has 1 saturated heterocycles. The summed E-state index contributed by atoms with van der Waals surface area (Å²) in [4.78, 5) is 16.9. The minimum Gasteiger partial charge on any atom is -0.367 e. The maximum Gasteiger partial charge on any atom is 0.293 e. The van der Waals surface area contributed by atoms with E-state index in [1.165, 1.54) is 12.1 Å². The Morgan fingerprint density at radius 2 is 1.68 bits per heavy atom. The highest BCUT2D eigenvalue weighted by Gasteiger charge is 2.27. The summed E-state index contributed by atoms with van der Waals surface area (Å²) < 4.78 is 27.5. The maximum absolute atomic E-state index is 12.5. The van der Waals surface area contributed by atoms with Crippen LogP contribution in [0.15, 0.2) is 47.4 Å². The highest BCUT2D eigenvalue weighted by molar-refractivity contribution is 7.89. The first-order valence-electron chi connectivity index (χ1n) is 9.86. The quantitative estimate of drug-likeness (QED) is 0.470. The molecule has 9 nitrogen and oxygen atoms in total. The van der Waals surface area contributed by atoms with Crippen molar-refractivity contribution in [2.24, 2.45) is 0 Å². The number of nitro benzene ring substituents is 1. The minimum atomic E-state index is -3.83. The van der Waals surface area contributed by atoms with Gasteiger partial charge in [0.05, 0.1) is 20.5 Å². The zero-order chi connectivity index (χ0) is 22.6. The van der Waals surface area contributed by atoms with Crippen molar-refractivity contribution in [3.63, 3.8) is 0 Å². The molecule has 11 heteroatoms. The standard InChI is InChI=1S/C20H26ClN5O4S/c1-23(2)10-9-22-31(29,30)16-7-8-19(20(15-16)26(27)28)25-13-11-24(12-14-25)18-6-4-3-5-17(18)21/h3-8,15,22H,9-14H2,1-2H3. The number of halogens is 1. The Hall–Kier alpha value is -2.40. The molecule has 1 heterocycles. The second-order valence-corrected chi connectivity index (χ2v) is 9.71. The van der Waals surface area contributed by atoms with Crippen LogP contribution in [-0.4, -0.2) is 71.6 Å². The topological polar surface area (TPSA) is 99.0 Å². The molecule has 0 radical (unpaired) electrons. The molecule has 0 aromatic heterocycles. The summed E-state index contributed by atoms with van der Waals surface area (Å²) in [6, 6.07) is 11.6. The van der Waals surface area contributed by atoms with Crippen molar-refractivity contribution in [2.75, 3.05) is 63.2 Å². The van der Waals surface area contributed by atoms with Gasteiger partial charge in [0.15, 0.2) is 0 Å². The Bertz CT molecular complexity index is 1040. The largest absolute Gasteiger partial charge is 0.367 e. The predicted octanol–water partition coefficient (Wildman–Crippen LogP) is 2.41. The van der Waals surface area contributed by atoms with Gasteiger partial charge >= 0.3 is 0 Å². The molecular formula is C20H26ClN5O4S. The first-order valence-corrected chi connectivity index (χ1v) is 11.7. The molecule has 0 unspecified atom stereocenters. The summed E-state index contributed by atoms with van der Waals surface area (Å²) in [5, 5.41) is 12.4. The van der Waals surface area contributed by atoms with E-state index in [-0.39, 0.29) is 17.1 Å². The van der Waals surface area contributed by atoms with Gasteiger partial charge in [-0.25, -0.2) is 13.1 Å². The predicted molar refractivity (Wildman–Crippen MR) is 123 cm³/mol. The molecule has 0 aliphatic carbocycles. The third kappa shape index (κ3) is 5.65. The van der Waals surface area contributed by atoms with Gasteiger partial charge in [-0.1, -0.05) is 23.7 Å². The van der Waals surface area contributed by atoms with Crippen molar-refractivity contribution in [3.8, 4) is 0 Å². The number of hydrogen-bond acceptors (Lipinski definition) is 7. The Kier molecular flexibility index (Phi) is 7.37. The van der Waals surface area contributed by atoms with Crippen molar-refractivity contribution in [3.05, 3.63) is 57.6 Å². The third-order valence-corrected chi connectivity index (χ3v) is 6.90. The van der Waals surface area contributed by atoms with Gasteiger partial charge in [0.25, 0.3) is 5.69 Å². The molecule has 168 valence electrons. The lowest BCUT2D eigenvalue weighted by Gasteiger charge is -2.37. The number of para-hydroxylation sites is 1. The SMILES string of the molecule is CN(C)CCNS(=O)(=O)c1ccc(N2CCN(c3ccccc3Cl)CC2)c([N+](=O)[O-])c1. The van der Waals surface area contributed by atoms with E-state index in [0.717, 1.165) is 11.8 Å². The van der Waals surface area contributed by atoms with Gasteiger partial charge in [-0.05, 0) is 38.4 Å². The van der Waals surface area contributed by atoms with Crippen molar-refractivity contribution >= 4 is 38.7 Å². The van der Waals surface area contributed by atoms with Crippen LogP contribution in [0.5, 0.6) is 0 Å². The lowest BCUT2D eigenvalue weighted by atomic mass is 10.2. The third-order valence-electron chi connectivity index (χ3n) is 5.12. The van der Waals surface area contributed by atoms with Crippen molar-refractivity contribution < 1.29 is 13.3 Å². The molecule has 1 aliphatic heterocycles. The van der Waals surface area contributed by atoms with Gasteiger partial charge in [-0.3, -0.25) is 10.1 Å². The van der Waals surface area contributed by atoms with Crippen LogP contribution in [0, 0.1) is 10.1 Å². The minimum absolute atomic E-state index is 0.114. The molecule has 1 aliphatic rings. The summed E-state index contributed by atoms with van der Waals surface area (Å²) in [7, 11) is -0.166. The summed E-state index contributed by atoms with van der Waals surface area (Å²) in [6.07, 6.45) is 0. The second kappa shape index (κ2) is 9.82. The molecule has 2 aromatic carbocycles. The van der Waals surface area contributed by atoms with Gasteiger partial charge in [0.2, 0.25) is 10.0 Å². The Labute approximate surface area is 187 Å². The monoisotopic (exact) mass is 467 g/mol. The van der Waals surface area contributed by atoms with E-state index in [1.54, 1.807) is 0 Å². The Morgan fingerprint density at radius 1 is 1.06 bits per heavy atom. The van der Waals surface area contributed by atoms with E-state index in [0.29, 0.717) is 43.4 Å². The number of hydrogen-bond donors (Lipinski definition) is 1. The normalized spacial score (nSPS) is 14.8. The van der Waals surface area contributed by atoms with Crippen LogP contribution in [0.25, 0.3) is 0 Å². The van der Waals surface area contributed by atoms with Crippen LogP contribution in [0.2, 0.25) is 5.02 Å². The van der Waals surface area contributed by atoms with Crippen molar-refractivity contribution in [2.45, 2.75) is 4.90 Å². The average molecular weight is 468 g/mol.